The Bertz CT molecular complexity index is 973. The van der Waals surface area contributed by atoms with Gasteiger partial charge in [-0.1, -0.05) is 43.0 Å². The van der Waals surface area contributed by atoms with Gasteiger partial charge in [-0.05, 0) is 36.2 Å². The number of aromatic amines is 1. The molecule has 1 aromatic heterocycles. The maximum atomic E-state index is 12.8. The second-order valence-electron chi connectivity index (χ2n) is 6.14. The minimum atomic E-state index is -0.398. The number of benzene rings is 2. The summed E-state index contributed by atoms with van der Waals surface area (Å²) in [5.74, 6) is -0.389. The summed E-state index contributed by atoms with van der Waals surface area (Å²) in [6.07, 6.45) is 0.967. The van der Waals surface area contributed by atoms with E-state index in [0.29, 0.717) is 16.7 Å². The zero-order valence-electron chi connectivity index (χ0n) is 15.7. The number of rotatable bonds is 8. The lowest BCUT2D eigenvalue weighted by Crippen LogP contribution is -2.33. The minimum Gasteiger partial charge on any atom is -0.346 e. The van der Waals surface area contributed by atoms with E-state index in [9.17, 15) is 14.0 Å². The standard InChI is InChI=1S/C20H20FN5O2S/c1-2-13-3-5-14(6-4-13)19-24-20(26-25-19)29-12-18(28)22-11-17(27)23-16-9-7-15(21)8-10-16/h3-10H,2,11-12H2,1H3,(H,22,28)(H,23,27)(H,24,25,26). The predicted molar refractivity (Wildman–Crippen MR) is 110 cm³/mol. The highest BCUT2D eigenvalue weighted by atomic mass is 32.2. The largest absolute Gasteiger partial charge is 0.346 e. The number of aryl methyl sites for hydroxylation is 1. The molecule has 0 atom stereocenters. The van der Waals surface area contributed by atoms with Crippen LogP contribution in [0.5, 0.6) is 0 Å². The van der Waals surface area contributed by atoms with Crippen molar-refractivity contribution in [1.29, 1.82) is 0 Å². The zero-order chi connectivity index (χ0) is 20.6. The molecule has 0 aliphatic heterocycles. The van der Waals surface area contributed by atoms with Gasteiger partial charge in [-0.2, -0.15) is 0 Å². The molecule has 0 unspecified atom stereocenters. The van der Waals surface area contributed by atoms with Crippen molar-refractivity contribution in [2.75, 3.05) is 17.6 Å². The highest BCUT2D eigenvalue weighted by molar-refractivity contribution is 7.99. The highest BCUT2D eigenvalue weighted by Gasteiger charge is 2.10. The van der Waals surface area contributed by atoms with Crippen molar-refractivity contribution in [3.8, 4) is 11.4 Å². The molecule has 0 saturated heterocycles. The fraction of sp³-hybridized carbons (Fsp3) is 0.200. The number of anilines is 1. The van der Waals surface area contributed by atoms with Crippen LogP contribution in [0.4, 0.5) is 10.1 Å². The van der Waals surface area contributed by atoms with E-state index in [1.54, 1.807) is 0 Å². The van der Waals surface area contributed by atoms with Gasteiger partial charge in [0.25, 0.3) is 0 Å². The van der Waals surface area contributed by atoms with Gasteiger partial charge in [0.1, 0.15) is 5.82 Å². The molecule has 7 nitrogen and oxygen atoms in total. The van der Waals surface area contributed by atoms with Crippen LogP contribution in [0.15, 0.2) is 53.7 Å². The van der Waals surface area contributed by atoms with Gasteiger partial charge >= 0.3 is 0 Å². The Hall–Kier alpha value is -3.20. The molecule has 2 aromatic carbocycles. The van der Waals surface area contributed by atoms with Gasteiger partial charge in [0.2, 0.25) is 17.0 Å². The molecule has 3 rings (SSSR count). The first kappa shape index (κ1) is 20.5. The van der Waals surface area contributed by atoms with Gasteiger partial charge in [-0.3, -0.25) is 14.7 Å². The SMILES string of the molecule is CCc1ccc(-c2nc(SCC(=O)NCC(=O)Nc3ccc(F)cc3)n[nH]2)cc1. The van der Waals surface area contributed by atoms with E-state index in [4.69, 9.17) is 0 Å². The third kappa shape index (κ3) is 6.15. The Morgan fingerprint density at radius 1 is 1.07 bits per heavy atom. The van der Waals surface area contributed by atoms with E-state index in [2.05, 4.69) is 32.7 Å². The van der Waals surface area contributed by atoms with E-state index in [1.807, 2.05) is 24.3 Å². The molecular weight excluding hydrogens is 393 g/mol. The lowest BCUT2D eigenvalue weighted by Gasteiger charge is -2.06. The fourth-order valence-electron chi connectivity index (χ4n) is 2.44. The summed E-state index contributed by atoms with van der Waals surface area (Å²) in [6.45, 7) is 1.91. The monoisotopic (exact) mass is 413 g/mol. The summed E-state index contributed by atoms with van der Waals surface area (Å²) in [4.78, 5) is 28.1. The molecule has 29 heavy (non-hydrogen) atoms. The fourth-order valence-corrected chi connectivity index (χ4v) is 3.07. The molecule has 9 heteroatoms. The highest BCUT2D eigenvalue weighted by Crippen LogP contribution is 2.19. The molecule has 0 spiro atoms. The second-order valence-corrected chi connectivity index (χ2v) is 7.08. The number of thioether (sulfide) groups is 1. The first-order valence-corrected chi connectivity index (χ1v) is 9.98. The first-order valence-electron chi connectivity index (χ1n) is 9.00. The Morgan fingerprint density at radius 3 is 2.48 bits per heavy atom. The molecule has 0 aliphatic carbocycles. The van der Waals surface area contributed by atoms with E-state index >= 15 is 0 Å². The number of H-pyrrole nitrogens is 1. The van der Waals surface area contributed by atoms with Crippen LogP contribution in [0.3, 0.4) is 0 Å². The van der Waals surface area contributed by atoms with Crippen molar-refractivity contribution < 1.29 is 14.0 Å². The number of halogens is 1. The number of aromatic nitrogens is 3. The Balaban J connectivity index is 1.42. The molecule has 0 aliphatic rings. The van der Waals surface area contributed by atoms with Crippen molar-refractivity contribution in [3.05, 3.63) is 59.9 Å². The van der Waals surface area contributed by atoms with Gasteiger partial charge in [-0.15, -0.1) is 5.10 Å². The topological polar surface area (TPSA) is 99.8 Å². The summed E-state index contributed by atoms with van der Waals surface area (Å²) < 4.78 is 12.8. The van der Waals surface area contributed by atoms with E-state index in [0.717, 1.165) is 12.0 Å². The summed E-state index contributed by atoms with van der Waals surface area (Å²) in [5.41, 5.74) is 2.62. The Morgan fingerprint density at radius 2 is 1.79 bits per heavy atom. The van der Waals surface area contributed by atoms with Crippen molar-refractivity contribution in [3.63, 3.8) is 0 Å². The number of hydrogen-bond donors (Lipinski definition) is 3. The van der Waals surface area contributed by atoms with Crippen molar-refractivity contribution >= 4 is 29.3 Å². The van der Waals surface area contributed by atoms with Gasteiger partial charge in [0.05, 0.1) is 12.3 Å². The average Bonchev–Trinajstić information content (AvgIpc) is 3.21. The Kier molecular flexibility index (Phi) is 6.96. The zero-order valence-corrected chi connectivity index (χ0v) is 16.6. The maximum absolute atomic E-state index is 12.8. The van der Waals surface area contributed by atoms with E-state index in [1.165, 1.54) is 41.6 Å². The van der Waals surface area contributed by atoms with Crippen LogP contribution in [0.1, 0.15) is 12.5 Å². The molecule has 1 heterocycles. The number of nitrogens with one attached hydrogen (secondary N) is 3. The van der Waals surface area contributed by atoms with Gasteiger partial charge in [-0.25, -0.2) is 9.37 Å². The molecule has 0 saturated carbocycles. The summed E-state index contributed by atoms with van der Waals surface area (Å²) >= 11 is 1.17. The quantitative estimate of drug-likeness (QED) is 0.493. The van der Waals surface area contributed by atoms with Crippen LogP contribution < -0.4 is 10.6 Å². The first-order chi connectivity index (χ1) is 14.0. The van der Waals surface area contributed by atoms with Gasteiger partial charge in [0.15, 0.2) is 5.82 Å². The average molecular weight is 413 g/mol. The minimum absolute atomic E-state index is 0.0793. The number of carbonyl (C=O) groups is 2. The van der Waals surface area contributed by atoms with Gasteiger partial charge < -0.3 is 10.6 Å². The molecule has 0 bridgehead atoms. The summed E-state index contributed by atoms with van der Waals surface area (Å²) in [6, 6.07) is 13.4. The van der Waals surface area contributed by atoms with E-state index in [-0.39, 0.29) is 24.0 Å². The normalized spacial score (nSPS) is 10.6. The molecule has 3 aromatic rings. The van der Waals surface area contributed by atoms with Crippen molar-refractivity contribution in [2.45, 2.75) is 18.5 Å². The van der Waals surface area contributed by atoms with Crippen molar-refractivity contribution in [1.82, 2.24) is 20.5 Å². The van der Waals surface area contributed by atoms with Crippen LogP contribution in [-0.4, -0.2) is 39.3 Å². The lowest BCUT2D eigenvalue weighted by molar-refractivity contribution is -0.122. The second kappa shape index (κ2) is 9.83. The van der Waals surface area contributed by atoms with Crippen LogP contribution in [0.2, 0.25) is 0 Å². The van der Waals surface area contributed by atoms with Crippen LogP contribution >= 0.6 is 11.8 Å². The third-order valence-electron chi connectivity index (χ3n) is 4.01. The summed E-state index contributed by atoms with van der Waals surface area (Å²) in [5, 5.41) is 12.5. The van der Waals surface area contributed by atoms with Crippen LogP contribution in [0, 0.1) is 5.82 Å². The van der Waals surface area contributed by atoms with Crippen LogP contribution in [-0.2, 0) is 16.0 Å². The van der Waals surface area contributed by atoms with Gasteiger partial charge in [0, 0.05) is 11.3 Å². The molecular formula is C20H20FN5O2S. The van der Waals surface area contributed by atoms with Crippen molar-refractivity contribution in [2.24, 2.45) is 0 Å². The van der Waals surface area contributed by atoms with Crippen LogP contribution in [0.25, 0.3) is 11.4 Å². The third-order valence-corrected chi connectivity index (χ3v) is 4.85. The number of hydrogen-bond acceptors (Lipinski definition) is 5. The molecule has 3 N–H and O–H groups in total. The molecule has 0 radical (unpaired) electrons. The predicted octanol–water partition coefficient (Wildman–Crippen LogP) is 3.02. The number of nitrogens with zero attached hydrogens (tertiary/aromatic N) is 2. The Labute approximate surface area is 171 Å². The lowest BCUT2D eigenvalue weighted by atomic mass is 10.1. The summed E-state index contributed by atoms with van der Waals surface area (Å²) in [7, 11) is 0. The number of amides is 2. The van der Waals surface area contributed by atoms with E-state index < -0.39 is 5.91 Å². The maximum Gasteiger partial charge on any atom is 0.243 e. The smallest absolute Gasteiger partial charge is 0.243 e. The number of carbonyl (C=O) groups excluding carboxylic acids is 2. The molecule has 150 valence electrons. The molecule has 2 amide bonds. The molecule has 0 fully saturated rings.